The molecule has 0 heterocycles. The van der Waals surface area contributed by atoms with Crippen molar-refractivity contribution in [1.29, 1.82) is 0 Å². The average Bonchev–Trinajstić information content (AvgIpc) is 2.43. The number of ether oxygens (including phenoxy) is 3. The number of rotatable bonds is 9. The second kappa shape index (κ2) is 8.66. The van der Waals surface area contributed by atoms with Crippen molar-refractivity contribution in [2.75, 3.05) is 51.2 Å². The molecule has 20 heavy (non-hydrogen) atoms. The Hall–Kier alpha value is -1.46. The lowest BCUT2D eigenvalue weighted by molar-refractivity contribution is 0.171. The van der Waals surface area contributed by atoms with E-state index in [1.165, 1.54) is 0 Å². The zero-order valence-electron chi connectivity index (χ0n) is 12.9. The van der Waals surface area contributed by atoms with Gasteiger partial charge in [-0.2, -0.15) is 0 Å². The smallest absolute Gasteiger partial charge is 0.144 e. The van der Waals surface area contributed by atoms with Gasteiger partial charge in [0.2, 0.25) is 0 Å². The predicted octanol–water partition coefficient (Wildman–Crippen LogP) is 2.16. The third kappa shape index (κ3) is 4.28. The molecule has 0 radical (unpaired) electrons. The standard InChI is InChI=1S/C15H26N2O3/c1-5-20-14-8-6-7-13(15(14)16)17(9-10-18-3)12(2)11-19-4/h6-8,12H,5,9-11,16H2,1-4H3. The number of nitrogen functional groups attached to an aromatic ring is 1. The molecule has 5 nitrogen and oxygen atoms in total. The molecule has 0 aliphatic rings. The molecule has 1 aromatic carbocycles. The summed E-state index contributed by atoms with van der Waals surface area (Å²) >= 11 is 0. The van der Waals surface area contributed by atoms with Crippen LogP contribution in [-0.2, 0) is 9.47 Å². The van der Waals surface area contributed by atoms with E-state index in [-0.39, 0.29) is 6.04 Å². The van der Waals surface area contributed by atoms with Crippen LogP contribution in [-0.4, -0.2) is 46.6 Å². The Kier molecular flexibility index (Phi) is 7.18. The lowest BCUT2D eigenvalue weighted by Crippen LogP contribution is -2.39. The second-order valence-electron chi connectivity index (χ2n) is 4.61. The first-order valence-corrected chi connectivity index (χ1v) is 6.91. The van der Waals surface area contributed by atoms with Gasteiger partial charge in [-0.05, 0) is 26.0 Å². The summed E-state index contributed by atoms with van der Waals surface area (Å²) in [4.78, 5) is 2.19. The minimum atomic E-state index is 0.203. The van der Waals surface area contributed by atoms with Gasteiger partial charge in [0, 0.05) is 26.8 Å². The van der Waals surface area contributed by atoms with Crippen molar-refractivity contribution in [3.63, 3.8) is 0 Å². The molecule has 0 spiro atoms. The Morgan fingerprint density at radius 1 is 1.25 bits per heavy atom. The summed E-state index contributed by atoms with van der Waals surface area (Å²) in [5.74, 6) is 0.719. The van der Waals surface area contributed by atoms with Crippen molar-refractivity contribution >= 4 is 11.4 Å². The molecule has 0 fully saturated rings. The highest BCUT2D eigenvalue weighted by Crippen LogP contribution is 2.33. The Balaban J connectivity index is 3.02. The van der Waals surface area contributed by atoms with Gasteiger partial charge in [-0.25, -0.2) is 0 Å². The normalized spacial score (nSPS) is 12.2. The van der Waals surface area contributed by atoms with Crippen molar-refractivity contribution in [3.05, 3.63) is 18.2 Å². The molecule has 2 N–H and O–H groups in total. The Morgan fingerprint density at radius 2 is 2.00 bits per heavy atom. The number of nitrogens with two attached hydrogens (primary N) is 1. The molecule has 0 aliphatic carbocycles. The van der Waals surface area contributed by atoms with Crippen molar-refractivity contribution in [2.24, 2.45) is 0 Å². The van der Waals surface area contributed by atoms with Crippen LogP contribution in [0.4, 0.5) is 11.4 Å². The molecule has 1 aromatic rings. The van der Waals surface area contributed by atoms with E-state index >= 15 is 0 Å². The summed E-state index contributed by atoms with van der Waals surface area (Å²) in [5, 5.41) is 0. The number of hydrogen-bond acceptors (Lipinski definition) is 5. The van der Waals surface area contributed by atoms with Gasteiger partial charge < -0.3 is 24.8 Å². The topological polar surface area (TPSA) is 57.0 Å². The van der Waals surface area contributed by atoms with E-state index in [4.69, 9.17) is 19.9 Å². The minimum absolute atomic E-state index is 0.203. The maximum atomic E-state index is 6.23. The summed E-state index contributed by atoms with van der Waals surface area (Å²) in [5.41, 5.74) is 7.84. The second-order valence-corrected chi connectivity index (χ2v) is 4.61. The number of nitrogens with zero attached hydrogens (tertiary/aromatic N) is 1. The highest BCUT2D eigenvalue weighted by Gasteiger charge is 2.18. The van der Waals surface area contributed by atoms with Gasteiger partial charge in [0.05, 0.1) is 31.2 Å². The first-order chi connectivity index (χ1) is 9.65. The summed E-state index contributed by atoms with van der Waals surface area (Å²) in [6.45, 7) is 6.66. The van der Waals surface area contributed by atoms with Gasteiger partial charge in [0.1, 0.15) is 5.75 Å². The molecule has 0 saturated heterocycles. The van der Waals surface area contributed by atoms with Crippen LogP contribution in [0.1, 0.15) is 13.8 Å². The van der Waals surface area contributed by atoms with E-state index < -0.39 is 0 Å². The minimum Gasteiger partial charge on any atom is -0.492 e. The fourth-order valence-corrected chi connectivity index (χ4v) is 2.16. The molecule has 0 aliphatic heterocycles. The van der Waals surface area contributed by atoms with Crippen molar-refractivity contribution in [3.8, 4) is 5.75 Å². The maximum Gasteiger partial charge on any atom is 0.144 e. The lowest BCUT2D eigenvalue weighted by atomic mass is 10.2. The Morgan fingerprint density at radius 3 is 2.60 bits per heavy atom. The van der Waals surface area contributed by atoms with Gasteiger partial charge in [0.15, 0.2) is 0 Å². The van der Waals surface area contributed by atoms with E-state index in [2.05, 4.69) is 11.8 Å². The van der Waals surface area contributed by atoms with Crippen LogP contribution in [0, 0.1) is 0 Å². The monoisotopic (exact) mass is 282 g/mol. The molecule has 1 unspecified atom stereocenters. The highest BCUT2D eigenvalue weighted by atomic mass is 16.5. The van der Waals surface area contributed by atoms with E-state index in [1.54, 1.807) is 14.2 Å². The number of para-hydroxylation sites is 1. The molecule has 5 heteroatoms. The van der Waals surface area contributed by atoms with Crippen LogP contribution >= 0.6 is 0 Å². The van der Waals surface area contributed by atoms with Gasteiger partial charge >= 0.3 is 0 Å². The Labute approximate surface area is 121 Å². The summed E-state index contributed by atoms with van der Waals surface area (Å²) < 4.78 is 16.0. The molecular weight excluding hydrogens is 256 g/mol. The lowest BCUT2D eigenvalue weighted by Gasteiger charge is -2.32. The Bertz CT molecular complexity index is 399. The van der Waals surface area contributed by atoms with Crippen LogP contribution in [0.3, 0.4) is 0 Å². The number of hydrogen-bond donors (Lipinski definition) is 1. The van der Waals surface area contributed by atoms with Gasteiger partial charge in [0.25, 0.3) is 0 Å². The number of benzene rings is 1. The molecule has 0 aromatic heterocycles. The summed E-state index contributed by atoms with van der Waals surface area (Å²) in [7, 11) is 3.39. The van der Waals surface area contributed by atoms with Gasteiger partial charge in [-0.1, -0.05) is 6.07 Å². The van der Waals surface area contributed by atoms with E-state index in [9.17, 15) is 0 Å². The molecule has 114 valence electrons. The van der Waals surface area contributed by atoms with Gasteiger partial charge in [-0.15, -0.1) is 0 Å². The van der Waals surface area contributed by atoms with Crippen LogP contribution in [0.2, 0.25) is 0 Å². The van der Waals surface area contributed by atoms with E-state index in [0.717, 1.165) is 18.0 Å². The van der Waals surface area contributed by atoms with Gasteiger partial charge in [-0.3, -0.25) is 0 Å². The molecule has 1 atom stereocenters. The van der Waals surface area contributed by atoms with Crippen molar-refractivity contribution in [2.45, 2.75) is 19.9 Å². The molecule has 0 saturated carbocycles. The highest BCUT2D eigenvalue weighted by molar-refractivity contribution is 5.74. The van der Waals surface area contributed by atoms with E-state index in [0.29, 0.717) is 25.5 Å². The molecule has 0 amide bonds. The largest absolute Gasteiger partial charge is 0.492 e. The number of methoxy groups -OCH3 is 2. The number of anilines is 2. The third-order valence-corrected chi connectivity index (χ3v) is 3.13. The zero-order valence-corrected chi connectivity index (χ0v) is 12.9. The SMILES string of the molecule is CCOc1cccc(N(CCOC)C(C)COC)c1N. The van der Waals surface area contributed by atoms with Crippen LogP contribution in [0.25, 0.3) is 0 Å². The summed E-state index contributed by atoms with van der Waals surface area (Å²) in [6, 6.07) is 6.04. The first-order valence-electron chi connectivity index (χ1n) is 6.91. The zero-order chi connectivity index (χ0) is 15.0. The molecular formula is C15H26N2O3. The fourth-order valence-electron chi connectivity index (χ4n) is 2.16. The fraction of sp³-hybridized carbons (Fsp3) is 0.600. The quantitative estimate of drug-likeness (QED) is 0.703. The van der Waals surface area contributed by atoms with Crippen LogP contribution < -0.4 is 15.4 Å². The van der Waals surface area contributed by atoms with Crippen LogP contribution in [0.15, 0.2) is 18.2 Å². The van der Waals surface area contributed by atoms with E-state index in [1.807, 2.05) is 25.1 Å². The summed E-state index contributed by atoms with van der Waals surface area (Å²) in [6.07, 6.45) is 0. The van der Waals surface area contributed by atoms with Crippen molar-refractivity contribution in [1.82, 2.24) is 0 Å². The molecule has 0 bridgehead atoms. The third-order valence-electron chi connectivity index (χ3n) is 3.13. The van der Waals surface area contributed by atoms with Crippen molar-refractivity contribution < 1.29 is 14.2 Å². The van der Waals surface area contributed by atoms with Crippen LogP contribution in [0.5, 0.6) is 5.75 Å². The molecule has 1 rings (SSSR count). The average molecular weight is 282 g/mol. The maximum absolute atomic E-state index is 6.23. The predicted molar refractivity (Wildman–Crippen MR) is 82.6 cm³/mol. The first kappa shape index (κ1) is 16.6.